The highest BCUT2D eigenvalue weighted by atomic mass is 32.1. The zero-order valence-corrected chi connectivity index (χ0v) is 11.7. The molecular formula is C16H14O3S. The van der Waals surface area contributed by atoms with Gasteiger partial charge in [-0.1, -0.05) is 48.1 Å². The maximum atomic E-state index is 9.42. The van der Waals surface area contributed by atoms with Crippen molar-refractivity contribution >= 4 is 23.2 Å². The zero-order valence-electron chi connectivity index (χ0n) is 10.9. The summed E-state index contributed by atoms with van der Waals surface area (Å²) in [6.45, 7) is 2.00. The summed E-state index contributed by atoms with van der Waals surface area (Å²) < 4.78 is 0. The minimum atomic E-state index is -0.525. The molecule has 0 saturated heterocycles. The lowest BCUT2D eigenvalue weighted by Gasteiger charge is -2.03. The highest BCUT2D eigenvalue weighted by molar-refractivity contribution is 7.81. The number of benzene rings is 2. The van der Waals surface area contributed by atoms with Gasteiger partial charge in [0.1, 0.15) is 0 Å². The number of rotatable bonds is 3. The Morgan fingerprint density at radius 2 is 1.55 bits per heavy atom. The standard InChI is InChI=1S/C16H14O3S/c1-10-2-5-12(6-3-10)15(20)7-4-11-8-13(17)16(19)14(18)9-11/h2-9,17-19H,1H3. The molecule has 3 N–H and O–H groups in total. The summed E-state index contributed by atoms with van der Waals surface area (Å²) in [5.74, 6) is -1.26. The van der Waals surface area contributed by atoms with Gasteiger partial charge in [0, 0.05) is 4.86 Å². The lowest BCUT2D eigenvalue weighted by atomic mass is 10.1. The summed E-state index contributed by atoms with van der Waals surface area (Å²) in [5, 5.41) is 28.1. The first-order valence-corrected chi connectivity index (χ1v) is 6.42. The largest absolute Gasteiger partial charge is 0.504 e. The molecule has 0 saturated carbocycles. The van der Waals surface area contributed by atoms with E-state index in [9.17, 15) is 15.3 Å². The number of aromatic hydroxyl groups is 3. The van der Waals surface area contributed by atoms with E-state index >= 15 is 0 Å². The maximum Gasteiger partial charge on any atom is 0.200 e. The molecule has 3 nitrogen and oxygen atoms in total. The maximum absolute atomic E-state index is 9.42. The van der Waals surface area contributed by atoms with Crippen LogP contribution in [0.1, 0.15) is 16.7 Å². The van der Waals surface area contributed by atoms with Crippen molar-refractivity contribution in [1.29, 1.82) is 0 Å². The fraction of sp³-hybridized carbons (Fsp3) is 0.0625. The Morgan fingerprint density at radius 3 is 2.10 bits per heavy atom. The van der Waals surface area contributed by atoms with E-state index in [1.54, 1.807) is 12.2 Å². The van der Waals surface area contributed by atoms with Crippen molar-refractivity contribution in [2.24, 2.45) is 0 Å². The summed E-state index contributed by atoms with van der Waals surface area (Å²) in [4.78, 5) is 0.650. The summed E-state index contributed by atoms with van der Waals surface area (Å²) in [5.41, 5.74) is 2.63. The third-order valence-corrected chi connectivity index (χ3v) is 3.23. The molecule has 0 bridgehead atoms. The van der Waals surface area contributed by atoms with Crippen molar-refractivity contribution in [2.75, 3.05) is 0 Å². The Hall–Kier alpha value is -2.33. The van der Waals surface area contributed by atoms with Crippen LogP contribution in [-0.2, 0) is 0 Å². The van der Waals surface area contributed by atoms with Crippen LogP contribution >= 0.6 is 12.2 Å². The molecule has 0 amide bonds. The predicted molar refractivity (Wildman–Crippen MR) is 83.3 cm³/mol. The van der Waals surface area contributed by atoms with Gasteiger partial charge in [-0.05, 0) is 36.3 Å². The van der Waals surface area contributed by atoms with E-state index in [2.05, 4.69) is 0 Å². The summed E-state index contributed by atoms with van der Waals surface area (Å²) in [6, 6.07) is 10.5. The van der Waals surface area contributed by atoms with E-state index in [0.717, 1.165) is 11.1 Å². The van der Waals surface area contributed by atoms with Crippen molar-refractivity contribution in [3.63, 3.8) is 0 Å². The first kappa shape index (κ1) is 14.1. The smallest absolute Gasteiger partial charge is 0.200 e. The van der Waals surface area contributed by atoms with Gasteiger partial charge in [-0.15, -0.1) is 0 Å². The minimum Gasteiger partial charge on any atom is -0.504 e. The molecule has 2 aromatic carbocycles. The number of allylic oxidation sites excluding steroid dienone is 1. The Morgan fingerprint density at radius 1 is 1.00 bits per heavy atom. The van der Waals surface area contributed by atoms with E-state index in [4.69, 9.17) is 12.2 Å². The molecule has 0 spiro atoms. The van der Waals surface area contributed by atoms with Gasteiger partial charge < -0.3 is 15.3 Å². The molecule has 0 fully saturated rings. The lowest BCUT2D eigenvalue weighted by Crippen LogP contribution is -1.91. The van der Waals surface area contributed by atoms with Crippen LogP contribution in [0, 0.1) is 6.92 Å². The van der Waals surface area contributed by atoms with Crippen molar-refractivity contribution in [2.45, 2.75) is 6.92 Å². The first-order valence-electron chi connectivity index (χ1n) is 6.01. The van der Waals surface area contributed by atoms with Gasteiger partial charge >= 0.3 is 0 Å². The summed E-state index contributed by atoms with van der Waals surface area (Å²) >= 11 is 5.29. The molecule has 0 aliphatic rings. The molecule has 0 aromatic heterocycles. The Kier molecular flexibility index (Phi) is 4.05. The molecule has 0 unspecified atom stereocenters. The van der Waals surface area contributed by atoms with Crippen molar-refractivity contribution in [1.82, 2.24) is 0 Å². The fourth-order valence-corrected chi connectivity index (χ4v) is 1.91. The molecule has 0 aliphatic heterocycles. The minimum absolute atomic E-state index is 0.370. The Bertz CT molecular complexity index is 650. The normalized spacial score (nSPS) is 10.8. The SMILES string of the molecule is Cc1ccc(C(=S)C=Cc2cc(O)c(O)c(O)c2)cc1. The third-order valence-electron chi connectivity index (χ3n) is 2.86. The highest BCUT2D eigenvalue weighted by Gasteiger charge is 2.06. The highest BCUT2D eigenvalue weighted by Crippen LogP contribution is 2.35. The lowest BCUT2D eigenvalue weighted by molar-refractivity contribution is 0.368. The topological polar surface area (TPSA) is 60.7 Å². The molecule has 2 rings (SSSR count). The number of phenols is 3. The van der Waals surface area contributed by atoms with Crippen molar-refractivity contribution in [3.8, 4) is 17.2 Å². The van der Waals surface area contributed by atoms with Gasteiger partial charge in [-0.3, -0.25) is 0 Å². The molecule has 4 heteroatoms. The van der Waals surface area contributed by atoms with E-state index < -0.39 is 5.75 Å². The molecule has 0 atom stereocenters. The monoisotopic (exact) mass is 286 g/mol. The van der Waals surface area contributed by atoms with Gasteiger partial charge in [-0.2, -0.15) is 0 Å². The summed E-state index contributed by atoms with van der Waals surface area (Å²) in [6.07, 6.45) is 3.38. The van der Waals surface area contributed by atoms with Crippen LogP contribution in [-0.4, -0.2) is 20.2 Å². The Balaban J connectivity index is 2.21. The van der Waals surface area contributed by atoms with Gasteiger partial charge in [0.2, 0.25) is 0 Å². The summed E-state index contributed by atoms with van der Waals surface area (Å²) in [7, 11) is 0. The number of aryl methyl sites for hydroxylation is 1. The number of hydrogen-bond donors (Lipinski definition) is 3. The van der Waals surface area contributed by atoms with Gasteiger partial charge in [0.25, 0.3) is 0 Å². The van der Waals surface area contributed by atoms with Crippen molar-refractivity contribution in [3.05, 3.63) is 59.2 Å². The molecule has 102 valence electrons. The van der Waals surface area contributed by atoms with E-state index in [-0.39, 0.29) is 11.5 Å². The van der Waals surface area contributed by atoms with Crippen LogP contribution in [0.15, 0.2) is 42.5 Å². The second-order valence-electron chi connectivity index (χ2n) is 4.47. The van der Waals surface area contributed by atoms with Crippen LogP contribution in [0.25, 0.3) is 6.08 Å². The quantitative estimate of drug-likeness (QED) is 0.349. The molecule has 0 heterocycles. The molecule has 2 aromatic rings. The zero-order chi connectivity index (χ0) is 14.7. The van der Waals surface area contributed by atoms with Crippen LogP contribution in [0.2, 0.25) is 0 Å². The molecule has 0 aliphatic carbocycles. The second-order valence-corrected chi connectivity index (χ2v) is 4.91. The van der Waals surface area contributed by atoms with E-state index in [1.807, 2.05) is 31.2 Å². The van der Waals surface area contributed by atoms with Crippen LogP contribution in [0.3, 0.4) is 0 Å². The average Bonchev–Trinajstić information content (AvgIpc) is 2.42. The molecular weight excluding hydrogens is 272 g/mol. The Labute approximate surface area is 122 Å². The number of thiocarbonyl (C=S) groups is 1. The van der Waals surface area contributed by atoms with Crippen LogP contribution < -0.4 is 0 Å². The van der Waals surface area contributed by atoms with Gasteiger partial charge in [-0.25, -0.2) is 0 Å². The van der Waals surface area contributed by atoms with E-state index in [1.165, 1.54) is 12.1 Å². The van der Waals surface area contributed by atoms with Crippen LogP contribution in [0.4, 0.5) is 0 Å². The van der Waals surface area contributed by atoms with Crippen LogP contribution in [0.5, 0.6) is 17.2 Å². The van der Waals surface area contributed by atoms with Gasteiger partial charge in [0.15, 0.2) is 17.2 Å². The van der Waals surface area contributed by atoms with Gasteiger partial charge in [0.05, 0.1) is 0 Å². The van der Waals surface area contributed by atoms with E-state index in [0.29, 0.717) is 10.4 Å². The first-order chi connectivity index (χ1) is 9.47. The number of phenolic OH excluding ortho intramolecular Hbond substituents is 3. The average molecular weight is 286 g/mol. The molecule has 0 radical (unpaired) electrons. The molecule has 20 heavy (non-hydrogen) atoms. The van der Waals surface area contributed by atoms with Crippen molar-refractivity contribution < 1.29 is 15.3 Å². The predicted octanol–water partition coefficient (Wildman–Crippen LogP) is 3.54. The third kappa shape index (κ3) is 3.16. The fourth-order valence-electron chi connectivity index (χ4n) is 1.71. The second kappa shape index (κ2) is 5.75. The number of hydrogen-bond acceptors (Lipinski definition) is 4.